The van der Waals surface area contributed by atoms with Crippen LogP contribution in [0.5, 0.6) is 0 Å². The molecule has 3 heteroatoms. The molecule has 5 aliphatic rings. The molecule has 1 heterocycles. The van der Waals surface area contributed by atoms with Gasteiger partial charge >= 0.3 is 0 Å². The van der Waals surface area contributed by atoms with E-state index >= 15 is 0 Å². The third-order valence-corrected chi connectivity index (χ3v) is 10.1. The van der Waals surface area contributed by atoms with Crippen LogP contribution in [-0.2, 0) is 9.47 Å². The number of aliphatic hydroxyl groups excluding tert-OH is 1. The Kier molecular flexibility index (Phi) is 4.10. The summed E-state index contributed by atoms with van der Waals surface area (Å²) in [6.45, 7) is 8.90. The standard InChI is InChI=1S/C23H38O3/c1-21-10-8-16(24)14-15(21)4-5-17-18-6-7-20(23(3)25-12-13-26-23)22(18,2)11-9-19(17)21/h15-20,24H,4-14H2,1-3H3/t15-,16+,17-,18+,19-,20+,21-,22+/m0/s1. The Morgan fingerprint density at radius 2 is 1.46 bits per heavy atom. The smallest absolute Gasteiger partial charge is 0.169 e. The molecule has 4 saturated carbocycles. The Morgan fingerprint density at radius 3 is 2.23 bits per heavy atom. The van der Waals surface area contributed by atoms with Crippen molar-refractivity contribution in [3.63, 3.8) is 0 Å². The lowest BCUT2D eigenvalue weighted by molar-refractivity contribution is -0.218. The summed E-state index contributed by atoms with van der Waals surface area (Å²) < 4.78 is 12.3. The van der Waals surface area contributed by atoms with Gasteiger partial charge in [-0.3, -0.25) is 0 Å². The van der Waals surface area contributed by atoms with Gasteiger partial charge < -0.3 is 14.6 Å². The largest absolute Gasteiger partial charge is 0.393 e. The molecule has 5 fully saturated rings. The van der Waals surface area contributed by atoms with Gasteiger partial charge in [0.2, 0.25) is 0 Å². The SMILES string of the molecule is CC1([C@@H]2CC[C@@H]3[C@@H]4CC[C@H]5C[C@H](O)CC[C@]5(C)[C@H]4CC[C@]32C)OCCO1. The molecule has 148 valence electrons. The van der Waals surface area contributed by atoms with Crippen LogP contribution in [0.15, 0.2) is 0 Å². The van der Waals surface area contributed by atoms with E-state index in [2.05, 4.69) is 20.8 Å². The van der Waals surface area contributed by atoms with Gasteiger partial charge in [-0.2, -0.15) is 0 Å². The first kappa shape index (κ1) is 17.9. The second kappa shape index (κ2) is 5.94. The molecule has 26 heavy (non-hydrogen) atoms. The third-order valence-electron chi connectivity index (χ3n) is 10.1. The minimum atomic E-state index is -0.341. The molecule has 8 atom stereocenters. The maximum absolute atomic E-state index is 10.2. The van der Waals surface area contributed by atoms with E-state index in [1.165, 1.54) is 44.9 Å². The number of aliphatic hydroxyl groups is 1. The molecule has 5 rings (SSSR count). The Labute approximate surface area is 159 Å². The summed E-state index contributed by atoms with van der Waals surface area (Å²) >= 11 is 0. The molecule has 1 N–H and O–H groups in total. The highest BCUT2D eigenvalue weighted by Gasteiger charge is 2.63. The van der Waals surface area contributed by atoms with Crippen molar-refractivity contribution in [1.29, 1.82) is 0 Å². The van der Waals surface area contributed by atoms with Crippen LogP contribution in [0.4, 0.5) is 0 Å². The zero-order valence-electron chi connectivity index (χ0n) is 17.0. The molecule has 4 aliphatic carbocycles. The van der Waals surface area contributed by atoms with Gasteiger partial charge in [0.05, 0.1) is 19.3 Å². The molecule has 0 aromatic rings. The van der Waals surface area contributed by atoms with Gasteiger partial charge in [-0.15, -0.1) is 0 Å². The number of hydrogen-bond donors (Lipinski definition) is 1. The highest BCUT2D eigenvalue weighted by molar-refractivity contribution is 5.11. The minimum Gasteiger partial charge on any atom is -0.393 e. The van der Waals surface area contributed by atoms with E-state index < -0.39 is 0 Å². The van der Waals surface area contributed by atoms with Crippen molar-refractivity contribution in [3.8, 4) is 0 Å². The molecular formula is C23H38O3. The van der Waals surface area contributed by atoms with Crippen LogP contribution in [0.25, 0.3) is 0 Å². The molecule has 1 saturated heterocycles. The number of fused-ring (bicyclic) bond motifs is 5. The normalized spacial score (nSPS) is 55.8. The van der Waals surface area contributed by atoms with Gasteiger partial charge in [0, 0.05) is 5.92 Å². The van der Waals surface area contributed by atoms with Crippen LogP contribution in [0, 0.1) is 40.4 Å². The van der Waals surface area contributed by atoms with Gasteiger partial charge in [-0.05, 0) is 99.2 Å². The lowest BCUT2D eigenvalue weighted by Gasteiger charge is -2.61. The summed E-state index contributed by atoms with van der Waals surface area (Å²) in [7, 11) is 0. The van der Waals surface area contributed by atoms with Crippen LogP contribution in [-0.4, -0.2) is 30.2 Å². The van der Waals surface area contributed by atoms with Gasteiger partial charge in [0.1, 0.15) is 0 Å². The zero-order chi connectivity index (χ0) is 18.2. The van der Waals surface area contributed by atoms with Crippen molar-refractivity contribution >= 4 is 0 Å². The van der Waals surface area contributed by atoms with E-state index in [0.29, 0.717) is 16.7 Å². The third kappa shape index (κ3) is 2.35. The molecule has 0 unspecified atom stereocenters. The molecule has 3 nitrogen and oxygen atoms in total. The minimum absolute atomic E-state index is 0.0362. The average molecular weight is 363 g/mol. The monoisotopic (exact) mass is 362 g/mol. The average Bonchev–Trinajstić information content (AvgIpc) is 3.19. The van der Waals surface area contributed by atoms with Crippen molar-refractivity contribution in [2.75, 3.05) is 13.2 Å². The summed E-state index contributed by atoms with van der Waals surface area (Å²) in [5, 5.41) is 10.2. The summed E-state index contributed by atoms with van der Waals surface area (Å²) in [5.74, 6) is 3.59. The highest BCUT2D eigenvalue weighted by Crippen LogP contribution is 2.69. The molecule has 0 bridgehead atoms. The fourth-order valence-corrected chi connectivity index (χ4v) is 8.83. The maximum Gasteiger partial charge on any atom is 0.169 e. The van der Waals surface area contributed by atoms with E-state index in [1.54, 1.807) is 0 Å². The molecule has 0 radical (unpaired) electrons. The lowest BCUT2D eigenvalue weighted by atomic mass is 9.44. The molecule has 0 spiro atoms. The Balaban J connectivity index is 1.41. The second-order valence-electron chi connectivity index (χ2n) is 11.0. The van der Waals surface area contributed by atoms with Crippen molar-refractivity contribution in [3.05, 3.63) is 0 Å². The van der Waals surface area contributed by atoms with Crippen LogP contribution >= 0.6 is 0 Å². The highest BCUT2D eigenvalue weighted by atomic mass is 16.7. The predicted molar refractivity (Wildman–Crippen MR) is 102 cm³/mol. The Bertz CT molecular complexity index is 556. The maximum atomic E-state index is 10.2. The topological polar surface area (TPSA) is 38.7 Å². The Hall–Kier alpha value is -0.120. The molecule has 0 amide bonds. The van der Waals surface area contributed by atoms with Crippen LogP contribution in [0.2, 0.25) is 0 Å². The van der Waals surface area contributed by atoms with Gasteiger partial charge in [0.25, 0.3) is 0 Å². The molecular weight excluding hydrogens is 324 g/mol. The number of hydrogen-bond acceptors (Lipinski definition) is 3. The predicted octanol–water partition coefficient (Wildman–Crippen LogP) is 4.77. The van der Waals surface area contributed by atoms with Gasteiger partial charge in [-0.1, -0.05) is 13.8 Å². The summed E-state index contributed by atoms with van der Waals surface area (Å²) in [6, 6.07) is 0. The molecule has 1 aliphatic heterocycles. The van der Waals surface area contributed by atoms with Crippen molar-refractivity contribution in [2.24, 2.45) is 40.4 Å². The van der Waals surface area contributed by atoms with E-state index in [0.717, 1.165) is 49.7 Å². The van der Waals surface area contributed by atoms with Crippen molar-refractivity contribution < 1.29 is 14.6 Å². The quantitative estimate of drug-likeness (QED) is 0.730. The molecule has 0 aromatic heterocycles. The summed E-state index contributed by atoms with van der Waals surface area (Å²) in [5.41, 5.74) is 0.865. The molecule has 0 aromatic carbocycles. The Morgan fingerprint density at radius 1 is 0.769 bits per heavy atom. The number of ether oxygens (including phenoxy) is 2. The van der Waals surface area contributed by atoms with E-state index in [9.17, 15) is 5.11 Å². The fourth-order valence-electron chi connectivity index (χ4n) is 8.83. The fraction of sp³-hybridized carbons (Fsp3) is 1.00. The first-order valence-corrected chi connectivity index (χ1v) is 11.3. The first-order valence-electron chi connectivity index (χ1n) is 11.3. The zero-order valence-corrected chi connectivity index (χ0v) is 17.0. The lowest BCUT2D eigenvalue weighted by Crippen LogP contribution is -2.55. The van der Waals surface area contributed by atoms with Gasteiger partial charge in [0.15, 0.2) is 5.79 Å². The summed E-state index contributed by atoms with van der Waals surface area (Å²) in [4.78, 5) is 0. The first-order chi connectivity index (χ1) is 12.4. The van der Waals surface area contributed by atoms with Crippen molar-refractivity contribution in [2.45, 2.75) is 90.4 Å². The van der Waals surface area contributed by atoms with Crippen molar-refractivity contribution in [1.82, 2.24) is 0 Å². The van der Waals surface area contributed by atoms with Crippen LogP contribution < -0.4 is 0 Å². The van der Waals surface area contributed by atoms with E-state index in [1.807, 2.05) is 0 Å². The summed E-state index contributed by atoms with van der Waals surface area (Å²) in [6.07, 6.45) is 11.4. The van der Waals surface area contributed by atoms with E-state index in [4.69, 9.17) is 9.47 Å². The second-order valence-corrected chi connectivity index (χ2v) is 11.0. The van der Waals surface area contributed by atoms with E-state index in [-0.39, 0.29) is 11.9 Å². The van der Waals surface area contributed by atoms with Crippen LogP contribution in [0.1, 0.15) is 78.6 Å². The number of rotatable bonds is 1. The van der Waals surface area contributed by atoms with Gasteiger partial charge in [-0.25, -0.2) is 0 Å². The van der Waals surface area contributed by atoms with Crippen LogP contribution in [0.3, 0.4) is 0 Å².